The lowest BCUT2D eigenvalue weighted by molar-refractivity contribution is 0.112. The maximum Gasteiger partial charge on any atom is 0.190 e. The monoisotopic (exact) mass is 300 g/mol. The lowest BCUT2D eigenvalue weighted by atomic mass is 10.2. The SMILES string of the molecule is O=Cc1sc(N2CCCOc3ccccc32)nc1C1CC1. The van der Waals surface area contributed by atoms with E-state index in [2.05, 4.69) is 11.0 Å². The smallest absolute Gasteiger partial charge is 0.190 e. The molecule has 108 valence electrons. The number of rotatable bonds is 3. The van der Waals surface area contributed by atoms with Gasteiger partial charge >= 0.3 is 0 Å². The number of ether oxygens (including phenoxy) is 1. The molecule has 0 amide bonds. The number of thiazole rings is 1. The second-order valence-corrected chi connectivity index (χ2v) is 6.47. The van der Waals surface area contributed by atoms with Gasteiger partial charge in [0.2, 0.25) is 0 Å². The zero-order valence-corrected chi connectivity index (χ0v) is 12.4. The molecular weight excluding hydrogens is 284 g/mol. The molecule has 0 spiro atoms. The minimum Gasteiger partial charge on any atom is -0.491 e. The molecule has 21 heavy (non-hydrogen) atoms. The molecule has 0 saturated heterocycles. The molecule has 0 atom stereocenters. The molecule has 0 radical (unpaired) electrons. The second-order valence-electron chi connectivity index (χ2n) is 5.46. The number of fused-ring (bicyclic) bond motifs is 1. The molecule has 4 rings (SSSR count). The summed E-state index contributed by atoms with van der Waals surface area (Å²) in [5.41, 5.74) is 2.04. The number of para-hydroxylation sites is 2. The number of hydrogen-bond acceptors (Lipinski definition) is 5. The fraction of sp³-hybridized carbons (Fsp3) is 0.375. The summed E-state index contributed by atoms with van der Waals surface area (Å²) in [4.78, 5) is 19.0. The Morgan fingerprint density at radius 1 is 1.33 bits per heavy atom. The summed E-state index contributed by atoms with van der Waals surface area (Å²) in [5, 5.41) is 0.914. The fourth-order valence-corrected chi connectivity index (χ4v) is 3.71. The van der Waals surface area contributed by atoms with E-state index in [4.69, 9.17) is 9.72 Å². The maximum atomic E-state index is 11.3. The highest BCUT2D eigenvalue weighted by Gasteiger charge is 2.31. The first-order valence-corrected chi connectivity index (χ1v) is 8.14. The molecule has 2 heterocycles. The minimum absolute atomic E-state index is 0.494. The van der Waals surface area contributed by atoms with E-state index in [1.54, 1.807) is 0 Å². The van der Waals surface area contributed by atoms with Gasteiger partial charge in [-0.2, -0.15) is 0 Å². The van der Waals surface area contributed by atoms with Crippen LogP contribution in [0.2, 0.25) is 0 Å². The Kier molecular flexibility index (Phi) is 3.15. The summed E-state index contributed by atoms with van der Waals surface area (Å²) in [6, 6.07) is 8.04. The van der Waals surface area contributed by atoms with Crippen molar-refractivity contribution in [2.24, 2.45) is 0 Å². The van der Waals surface area contributed by atoms with Gasteiger partial charge in [-0.25, -0.2) is 4.98 Å². The molecule has 1 aliphatic heterocycles. The molecule has 1 aromatic carbocycles. The van der Waals surface area contributed by atoms with Crippen molar-refractivity contribution in [1.82, 2.24) is 4.98 Å². The molecule has 1 saturated carbocycles. The van der Waals surface area contributed by atoms with Gasteiger partial charge in [0.15, 0.2) is 11.4 Å². The molecule has 1 aliphatic carbocycles. The van der Waals surface area contributed by atoms with Crippen molar-refractivity contribution in [3.05, 3.63) is 34.8 Å². The van der Waals surface area contributed by atoms with Gasteiger partial charge in [0.25, 0.3) is 0 Å². The van der Waals surface area contributed by atoms with Crippen LogP contribution in [-0.4, -0.2) is 24.4 Å². The zero-order valence-electron chi connectivity index (χ0n) is 11.6. The molecule has 0 unspecified atom stereocenters. The third kappa shape index (κ3) is 2.31. The average Bonchev–Trinajstić information content (AvgIpc) is 3.31. The Morgan fingerprint density at radius 2 is 2.19 bits per heavy atom. The summed E-state index contributed by atoms with van der Waals surface area (Å²) in [6.07, 6.45) is 4.21. The molecule has 4 nitrogen and oxygen atoms in total. The molecule has 0 N–H and O–H groups in total. The number of nitrogens with zero attached hydrogens (tertiary/aromatic N) is 2. The van der Waals surface area contributed by atoms with Gasteiger partial charge in [0, 0.05) is 12.5 Å². The van der Waals surface area contributed by atoms with Crippen LogP contribution in [0, 0.1) is 0 Å². The predicted octanol–water partition coefficient (Wildman–Crippen LogP) is 3.75. The average molecular weight is 300 g/mol. The Hall–Kier alpha value is -1.88. The van der Waals surface area contributed by atoms with E-state index in [1.165, 1.54) is 11.3 Å². The van der Waals surface area contributed by atoms with Crippen LogP contribution in [-0.2, 0) is 0 Å². The van der Waals surface area contributed by atoms with Crippen molar-refractivity contribution in [2.75, 3.05) is 18.1 Å². The van der Waals surface area contributed by atoms with Crippen LogP contribution in [0.5, 0.6) is 5.75 Å². The fourth-order valence-electron chi connectivity index (χ4n) is 2.71. The Morgan fingerprint density at radius 3 is 3.00 bits per heavy atom. The second kappa shape index (κ2) is 5.15. The maximum absolute atomic E-state index is 11.3. The van der Waals surface area contributed by atoms with Gasteiger partial charge < -0.3 is 9.64 Å². The normalized spacial score (nSPS) is 17.8. The third-order valence-electron chi connectivity index (χ3n) is 3.91. The van der Waals surface area contributed by atoms with Crippen molar-refractivity contribution in [1.29, 1.82) is 0 Å². The zero-order chi connectivity index (χ0) is 14.2. The van der Waals surface area contributed by atoms with Crippen molar-refractivity contribution in [3.63, 3.8) is 0 Å². The summed E-state index contributed by atoms with van der Waals surface area (Å²) < 4.78 is 5.79. The summed E-state index contributed by atoms with van der Waals surface area (Å²) in [7, 11) is 0. The number of benzene rings is 1. The Labute approximate surface area is 127 Å². The van der Waals surface area contributed by atoms with Gasteiger partial charge in [0.05, 0.1) is 22.9 Å². The predicted molar refractivity (Wildman–Crippen MR) is 83.0 cm³/mol. The number of carbonyl (C=O) groups is 1. The van der Waals surface area contributed by atoms with E-state index < -0.39 is 0 Å². The Bertz CT molecular complexity index is 679. The van der Waals surface area contributed by atoms with E-state index >= 15 is 0 Å². The highest BCUT2D eigenvalue weighted by Crippen LogP contribution is 2.45. The molecule has 2 aromatic rings. The van der Waals surface area contributed by atoms with E-state index in [1.807, 2.05) is 18.2 Å². The third-order valence-corrected chi connectivity index (χ3v) is 4.93. The van der Waals surface area contributed by atoms with Gasteiger partial charge in [-0.15, -0.1) is 0 Å². The molecule has 2 aliphatic rings. The van der Waals surface area contributed by atoms with Crippen LogP contribution in [0.15, 0.2) is 24.3 Å². The van der Waals surface area contributed by atoms with Crippen LogP contribution in [0.25, 0.3) is 0 Å². The van der Waals surface area contributed by atoms with E-state index in [0.29, 0.717) is 5.92 Å². The molecule has 0 bridgehead atoms. The lowest BCUT2D eigenvalue weighted by Gasteiger charge is -2.20. The van der Waals surface area contributed by atoms with Crippen LogP contribution in [0.1, 0.15) is 40.5 Å². The van der Waals surface area contributed by atoms with Crippen LogP contribution < -0.4 is 9.64 Å². The van der Waals surface area contributed by atoms with Gasteiger partial charge in [-0.3, -0.25) is 4.79 Å². The Balaban J connectivity index is 1.77. The molecular formula is C16H16N2O2S. The summed E-state index contributed by atoms with van der Waals surface area (Å²) >= 11 is 1.50. The van der Waals surface area contributed by atoms with E-state index in [0.717, 1.165) is 65.8 Å². The highest BCUT2D eigenvalue weighted by molar-refractivity contribution is 7.17. The van der Waals surface area contributed by atoms with E-state index in [9.17, 15) is 4.79 Å². The highest BCUT2D eigenvalue weighted by atomic mass is 32.1. The first-order chi connectivity index (χ1) is 10.4. The van der Waals surface area contributed by atoms with Crippen molar-refractivity contribution in [3.8, 4) is 5.75 Å². The first-order valence-electron chi connectivity index (χ1n) is 7.32. The number of anilines is 2. The molecule has 5 heteroatoms. The number of carbonyl (C=O) groups excluding carboxylic acids is 1. The summed E-state index contributed by atoms with van der Waals surface area (Å²) in [6.45, 7) is 1.59. The number of aldehydes is 1. The van der Waals surface area contributed by atoms with Crippen molar-refractivity contribution in [2.45, 2.75) is 25.2 Å². The van der Waals surface area contributed by atoms with Crippen LogP contribution in [0.3, 0.4) is 0 Å². The molecule has 1 aromatic heterocycles. The van der Waals surface area contributed by atoms with Crippen molar-refractivity contribution >= 4 is 28.4 Å². The van der Waals surface area contributed by atoms with Crippen molar-refractivity contribution < 1.29 is 9.53 Å². The van der Waals surface area contributed by atoms with Crippen LogP contribution in [0.4, 0.5) is 10.8 Å². The standard InChI is InChI=1S/C16H16N2O2S/c19-10-14-15(11-6-7-11)17-16(21-14)18-8-3-9-20-13-5-2-1-4-12(13)18/h1-2,4-5,10-11H,3,6-9H2. The lowest BCUT2D eigenvalue weighted by Crippen LogP contribution is -2.17. The minimum atomic E-state index is 0.494. The van der Waals surface area contributed by atoms with Crippen LogP contribution >= 0.6 is 11.3 Å². The molecule has 1 fully saturated rings. The summed E-state index contributed by atoms with van der Waals surface area (Å²) in [5.74, 6) is 1.39. The largest absolute Gasteiger partial charge is 0.491 e. The number of aromatic nitrogens is 1. The quantitative estimate of drug-likeness (QED) is 0.810. The number of hydrogen-bond donors (Lipinski definition) is 0. The topological polar surface area (TPSA) is 42.4 Å². The van der Waals surface area contributed by atoms with Gasteiger partial charge in [0.1, 0.15) is 5.75 Å². The van der Waals surface area contributed by atoms with Gasteiger partial charge in [-0.05, 0) is 31.4 Å². The first kappa shape index (κ1) is 12.8. The van der Waals surface area contributed by atoms with E-state index in [-0.39, 0.29) is 0 Å². The van der Waals surface area contributed by atoms with Gasteiger partial charge in [-0.1, -0.05) is 23.5 Å².